The van der Waals surface area contributed by atoms with Crippen molar-refractivity contribution in [3.05, 3.63) is 30.3 Å². The quantitative estimate of drug-likeness (QED) is 0.724. The number of ether oxygens (including phenoxy) is 1. The first-order valence-corrected chi connectivity index (χ1v) is 5.21. The van der Waals surface area contributed by atoms with Gasteiger partial charge in [-0.3, -0.25) is 0 Å². The summed E-state index contributed by atoms with van der Waals surface area (Å²) in [4.78, 5) is 2.36. The standard InChI is InChI=1S/C12H17NO/c1-13-8-7-11(9-13)10-14-12-5-3-2-4-6-12/h2-6,11H,7-10H2,1H3. The highest BCUT2D eigenvalue weighted by atomic mass is 16.5. The average Bonchev–Trinajstić information content (AvgIpc) is 2.63. The van der Waals surface area contributed by atoms with Crippen molar-refractivity contribution in [2.45, 2.75) is 6.42 Å². The van der Waals surface area contributed by atoms with Crippen LogP contribution < -0.4 is 4.74 Å². The lowest BCUT2D eigenvalue weighted by molar-refractivity contribution is 0.249. The van der Waals surface area contributed by atoms with Crippen molar-refractivity contribution in [1.82, 2.24) is 4.90 Å². The van der Waals surface area contributed by atoms with Crippen LogP contribution in [0.1, 0.15) is 6.42 Å². The van der Waals surface area contributed by atoms with Crippen LogP contribution in [0.15, 0.2) is 30.3 Å². The Morgan fingerprint density at radius 1 is 1.36 bits per heavy atom. The monoisotopic (exact) mass is 191 g/mol. The molecule has 0 amide bonds. The Hall–Kier alpha value is -1.02. The third-order valence-corrected chi connectivity index (χ3v) is 2.72. The predicted octanol–water partition coefficient (Wildman–Crippen LogP) is 2.02. The molecule has 1 aromatic rings. The summed E-state index contributed by atoms with van der Waals surface area (Å²) < 4.78 is 5.71. The van der Waals surface area contributed by atoms with Crippen molar-refractivity contribution >= 4 is 0 Å². The Bertz CT molecular complexity index is 273. The normalized spacial score (nSPS) is 22.5. The lowest BCUT2D eigenvalue weighted by Gasteiger charge is -2.11. The van der Waals surface area contributed by atoms with E-state index in [9.17, 15) is 0 Å². The van der Waals surface area contributed by atoms with Gasteiger partial charge in [0.25, 0.3) is 0 Å². The zero-order valence-corrected chi connectivity index (χ0v) is 8.65. The second kappa shape index (κ2) is 4.47. The first kappa shape index (κ1) is 9.53. The van der Waals surface area contributed by atoms with E-state index in [1.54, 1.807) is 0 Å². The molecule has 76 valence electrons. The van der Waals surface area contributed by atoms with Gasteiger partial charge in [-0.05, 0) is 32.1 Å². The number of likely N-dealkylation sites (tertiary alicyclic amines) is 1. The minimum Gasteiger partial charge on any atom is -0.493 e. The summed E-state index contributed by atoms with van der Waals surface area (Å²) in [6.45, 7) is 3.24. The molecule has 0 aliphatic carbocycles. The van der Waals surface area contributed by atoms with Gasteiger partial charge in [0, 0.05) is 12.5 Å². The molecule has 2 heteroatoms. The molecule has 1 heterocycles. The first-order valence-electron chi connectivity index (χ1n) is 5.21. The Kier molecular flexibility index (Phi) is 3.04. The highest BCUT2D eigenvalue weighted by molar-refractivity contribution is 5.20. The minimum atomic E-state index is 0.709. The second-order valence-electron chi connectivity index (χ2n) is 4.04. The fourth-order valence-corrected chi connectivity index (χ4v) is 1.89. The minimum absolute atomic E-state index is 0.709. The molecule has 2 nitrogen and oxygen atoms in total. The first-order chi connectivity index (χ1) is 6.84. The number of hydrogen-bond donors (Lipinski definition) is 0. The zero-order valence-electron chi connectivity index (χ0n) is 8.65. The fourth-order valence-electron chi connectivity index (χ4n) is 1.89. The predicted molar refractivity (Wildman–Crippen MR) is 57.5 cm³/mol. The topological polar surface area (TPSA) is 12.5 Å². The van der Waals surface area contributed by atoms with Gasteiger partial charge in [-0.1, -0.05) is 18.2 Å². The van der Waals surface area contributed by atoms with Crippen molar-refractivity contribution in [2.24, 2.45) is 5.92 Å². The summed E-state index contributed by atoms with van der Waals surface area (Å²) >= 11 is 0. The summed E-state index contributed by atoms with van der Waals surface area (Å²) in [5.74, 6) is 1.70. The van der Waals surface area contributed by atoms with Crippen molar-refractivity contribution < 1.29 is 4.74 Å². The zero-order chi connectivity index (χ0) is 9.80. The molecule has 14 heavy (non-hydrogen) atoms. The van der Waals surface area contributed by atoms with Gasteiger partial charge < -0.3 is 9.64 Å². The molecule has 1 unspecified atom stereocenters. The Labute approximate surface area is 85.5 Å². The molecule has 1 aliphatic rings. The number of para-hydroxylation sites is 1. The van der Waals surface area contributed by atoms with Crippen molar-refractivity contribution in [2.75, 3.05) is 26.7 Å². The molecule has 0 saturated carbocycles. The maximum absolute atomic E-state index is 5.71. The number of benzene rings is 1. The summed E-state index contributed by atoms with van der Waals surface area (Å²) in [5, 5.41) is 0. The van der Waals surface area contributed by atoms with Crippen molar-refractivity contribution in [1.29, 1.82) is 0 Å². The summed E-state index contributed by atoms with van der Waals surface area (Å²) in [7, 11) is 2.17. The van der Waals surface area contributed by atoms with Crippen LogP contribution in [0.5, 0.6) is 5.75 Å². The van der Waals surface area contributed by atoms with E-state index in [0.717, 1.165) is 12.4 Å². The molecule has 1 saturated heterocycles. The highest BCUT2D eigenvalue weighted by Gasteiger charge is 2.19. The van der Waals surface area contributed by atoms with Crippen LogP contribution >= 0.6 is 0 Å². The smallest absolute Gasteiger partial charge is 0.119 e. The lowest BCUT2D eigenvalue weighted by atomic mass is 10.1. The van der Waals surface area contributed by atoms with Crippen LogP contribution in [0.4, 0.5) is 0 Å². The molecular formula is C12H17NO. The van der Waals surface area contributed by atoms with Gasteiger partial charge in [-0.15, -0.1) is 0 Å². The van der Waals surface area contributed by atoms with E-state index in [2.05, 4.69) is 11.9 Å². The molecule has 0 spiro atoms. The van der Waals surface area contributed by atoms with E-state index in [-0.39, 0.29) is 0 Å². The van der Waals surface area contributed by atoms with Gasteiger partial charge in [0.1, 0.15) is 5.75 Å². The van der Waals surface area contributed by atoms with Crippen molar-refractivity contribution in [3.63, 3.8) is 0 Å². The van der Waals surface area contributed by atoms with Gasteiger partial charge in [0.2, 0.25) is 0 Å². The molecule has 0 radical (unpaired) electrons. The maximum Gasteiger partial charge on any atom is 0.119 e. The molecular weight excluding hydrogens is 174 g/mol. The van der Waals surface area contributed by atoms with E-state index in [1.807, 2.05) is 30.3 Å². The molecule has 2 rings (SSSR count). The van der Waals surface area contributed by atoms with Crippen LogP contribution in [0.3, 0.4) is 0 Å². The van der Waals surface area contributed by atoms with Crippen molar-refractivity contribution in [3.8, 4) is 5.75 Å². The molecule has 1 aromatic carbocycles. The van der Waals surface area contributed by atoms with E-state index in [1.165, 1.54) is 19.5 Å². The van der Waals surface area contributed by atoms with E-state index in [4.69, 9.17) is 4.74 Å². The number of hydrogen-bond acceptors (Lipinski definition) is 2. The van der Waals surface area contributed by atoms with Gasteiger partial charge in [0.15, 0.2) is 0 Å². The molecule has 1 fully saturated rings. The summed E-state index contributed by atoms with van der Waals surface area (Å²) in [6.07, 6.45) is 1.27. The van der Waals surface area contributed by atoms with E-state index < -0.39 is 0 Å². The molecule has 0 bridgehead atoms. The third kappa shape index (κ3) is 2.48. The van der Waals surface area contributed by atoms with Gasteiger partial charge in [-0.2, -0.15) is 0 Å². The Balaban J connectivity index is 1.78. The van der Waals surface area contributed by atoms with Crippen LogP contribution in [-0.4, -0.2) is 31.6 Å². The SMILES string of the molecule is CN1CCC(COc2ccccc2)C1. The molecule has 0 N–H and O–H groups in total. The molecule has 0 aromatic heterocycles. The Morgan fingerprint density at radius 2 is 2.14 bits per heavy atom. The second-order valence-corrected chi connectivity index (χ2v) is 4.04. The average molecular weight is 191 g/mol. The third-order valence-electron chi connectivity index (χ3n) is 2.72. The van der Waals surface area contributed by atoms with E-state index in [0.29, 0.717) is 5.92 Å². The lowest BCUT2D eigenvalue weighted by Crippen LogP contribution is -2.17. The Morgan fingerprint density at radius 3 is 2.79 bits per heavy atom. The summed E-state index contributed by atoms with van der Waals surface area (Å²) in [6, 6.07) is 10.1. The number of rotatable bonds is 3. The van der Waals surface area contributed by atoms with Crippen LogP contribution in [-0.2, 0) is 0 Å². The fraction of sp³-hybridized carbons (Fsp3) is 0.500. The van der Waals surface area contributed by atoms with Crippen LogP contribution in [0.2, 0.25) is 0 Å². The van der Waals surface area contributed by atoms with Crippen LogP contribution in [0.25, 0.3) is 0 Å². The van der Waals surface area contributed by atoms with Crippen LogP contribution in [0, 0.1) is 5.92 Å². The van der Waals surface area contributed by atoms with E-state index >= 15 is 0 Å². The summed E-state index contributed by atoms with van der Waals surface area (Å²) in [5.41, 5.74) is 0. The maximum atomic E-state index is 5.71. The number of nitrogens with zero attached hydrogens (tertiary/aromatic N) is 1. The molecule has 1 atom stereocenters. The molecule has 1 aliphatic heterocycles. The largest absolute Gasteiger partial charge is 0.493 e. The van der Waals surface area contributed by atoms with Gasteiger partial charge in [-0.25, -0.2) is 0 Å². The van der Waals surface area contributed by atoms with Gasteiger partial charge >= 0.3 is 0 Å². The van der Waals surface area contributed by atoms with Gasteiger partial charge in [0.05, 0.1) is 6.61 Å². The highest BCUT2D eigenvalue weighted by Crippen LogP contribution is 2.16.